The third-order valence-corrected chi connectivity index (χ3v) is 4.70. The van der Waals surface area contributed by atoms with Gasteiger partial charge in [-0.05, 0) is 19.8 Å². The van der Waals surface area contributed by atoms with Gasteiger partial charge in [-0.1, -0.05) is 0 Å². The molecule has 1 N–H and O–H groups in total. The normalized spacial score (nSPS) is 23.1. The number of imidazole rings is 1. The van der Waals surface area contributed by atoms with Gasteiger partial charge in [0.2, 0.25) is 11.8 Å². The predicted octanol–water partition coefficient (Wildman–Crippen LogP) is 0.877. The Hall–Kier alpha value is -1.89. The van der Waals surface area contributed by atoms with Gasteiger partial charge in [-0.2, -0.15) is 0 Å². The smallest absolute Gasteiger partial charge is 0.225 e. The van der Waals surface area contributed by atoms with E-state index in [9.17, 15) is 9.59 Å². The van der Waals surface area contributed by atoms with Crippen molar-refractivity contribution in [2.24, 2.45) is 5.92 Å². The van der Waals surface area contributed by atoms with Gasteiger partial charge in [-0.3, -0.25) is 9.59 Å². The Morgan fingerprint density at radius 2 is 2.00 bits per heavy atom. The molecule has 0 aliphatic carbocycles. The van der Waals surface area contributed by atoms with E-state index < -0.39 is 0 Å². The number of aromatic nitrogens is 2. The molecule has 2 aliphatic heterocycles. The first-order valence-corrected chi connectivity index (χ1v) is 8.22. The first kappa shape index (κ1) is 16.0. The summed E-state index contributed by atoms with van der Waals surface area (Å²) in [6.45, 7) is 6.59. The van der Waals surface area contributed by atoms with E-state index in [2.05, 4.69) is 9.97 Å². The second-order valence-electron chi connectivity index (χ2n) is 6.38. The number of aryl methyl sites for hydroxylation is 1. The summed E-state index contributed by atoms with van der Waals surface area (Å²) < 4.78 is 5.75. The van der Waals surface area contributed by atoms with Crippen molar-refractivity contribution in [3.05, 3.63) is 17.7 Å². The number of H-pyrrole nitrogens is 1. The number of likely N-dealkylation sites (tertiary alicyclic amines) is 1. The van der Waals surface area contributed by atoms with Gasteiger partial charge in [0.15, 0.2) is 0 Å². The molecule has 2 amide bonds. The third-order valence-electron chi connectivity index (χ3n) is 4.70. The Bertz CT molecular complexity index is 578. The number of aromatic amines is 1. The summed E-state index contributed by atoms with van der Waals surface area (Å²) in [5, 5.41) is 0. The summed E-state index contributed by atoms with van der Waals surface area (Å²) in [6, 6.07) is 0. The molecular weight excluding hydrogens is 296 g/mol. The average molecular weight is 320 g/mol. The van der Waals surface area contributed by atoms with E-state index in [1.165, 1.54) is 0 Å². The van der Waals surface area contributed by atoms with E-state index in [0.717, 1.165) is 24.4 Å². The van der Waals surface area contributed by atoms with Gasteiger partial charge < -0.3 is 19.5 Å². The van der Waals surface area contributed by atoms with Crippen molar-refractivity contribution in [2.75, 3.05) is 32.8 Å². The van der Waals surface area contributed by atoms with Crippen molar-refractivity contribution in [2.45, 2.75) is 32.8 Å². The Labute approximate surface area is 136 Å². The highest BCUT2D eigenvalue weighted by molar-refractivity contribution is 5.80. The maximum absolute atomic E-state index is 12.7. The number of hydrogen-bond donors (Lipinski definition) is 1. The molecule has 1 aromatic rings. The molecule has 126 valence electrons. The van der Waals surface area contributed by atoms with E-state index in [1.54, 1.807) is 13.1 Å². The number of carbonyl (C=O) groups is 2. The summed E-state index contributed by atoms with van der Waals surface area (Å²) in [7, 11) is 0. The fraction of sp³-hybridized carbons (Fsp3) is 0.688. The molecule has 0 saturated carbocycles. The molecule has 1 atom stereocenters. The van der Waals surface area contributed by atoms with Gasteiger partial charge in [-0.25, -0.2) is 4.98 Å². The summed E-state index contributed by atoms with van der Waals surface area (Å²) in [4.78, 5) is 35.3. The minimum Gasteiger partial charge on any atom is -0.367 e. The molecule has 0 unspecified atom stereocenters. The number of morpholine rings is 1. The van der Waals surface area contributed by atoms with Crippen LogP contribution in [0, 0.1) is 12.8 Å². The molecule has 1 aromatic heterocycles. The van der Waals surface area contributed by atoms with Crippen molar-refractivity contribution in [3.63, 3.8) is 0 Å². The highest BCUT2D eigenvalue weighted by atomic mass is 16.5. The molecule has 2 aliphatic rings. The number of nitrogens with zero attached hydrogens (tertiary/aromatic N) is 3. The molecule has 0 aromatic carbocycles. The van der Waals surface area contributed by atoms with Crippen molar-refractivity contribution >= 4 is 11.8 Å². The van der Waals surface area contributed by atoms with Crippen LogP contribution in [-0.4, -0.2) is 64.4 Å². The zero-order valence-corrected chi connectivity index (χ0v) is 13.7. The van der Waals surface area contributed by atoms with Crippen LogP contribution in [0.5, 0.6) is 0 Å². The number of carbonyl (C=O) groups excluding carboxylic acids is 2. The lowest BCUT2D eigenvalue weighted by molar-refractivity contribution is -0.146. The molecule has 0 bridgehead atoms. The molecule has 2 saturated heterocycles. The molecule has 23 heavy (non-hydrogen) atoms. The summed E-state index contributed by atoms with van der Waals surface area (Å²) in [5.41, 5.74) is 0.989. The lowest BCUT2D eigenvalue weighted by Crippen LogP contribution is -2.48. The first-order valence-electron chi connectivity index (χ1n) is 8.22. The third kappa shape index (κ3) is 3.55. The Kier molecular flexibility index (Phi) is 4.66. The van der Waals surface area contributed by atoms with Crippen molar-refractivity contribution < 1.29 is 14.3 Å². The van der Waals surface area contributed by atoms with E-state index in [-0.39, 0.29) is 23.8 Å². The molecule has 0 spiro atoms. The van der Waals surface area contributed by atoms with E-state index in [4.69, 9.17) is 4.74 Å². The van der Waals surface area contributed by atoms with Gasteiger partial charge in [0.25, 0.3) is 0 Å². The fourth-order valence-corrected chi connectivity index (χ4v) is 3.31. The fourth-order valence-electron chi connectivity index (χ4n) is 3.31. The SMILES string of the molecule is CC(=O)N1CCC(C(=O)N2CCO[C@@H](c3ncc(C)[nH]3)C2)CC1. The summed E-state index contributed by atoms with van der Waals surface area (Å²) in [5.74, 6) is 1.08. The number of amides is 2. The molecule has 7 heteroatoms. The zero-order valence-electron chi connectivity index (χ0n) is 13.7. The average Bonchev–Trinajstić information content (AvgIpc) is 3.01. The summed E-state index contributed by atoms with van der Waals surface area (Å²) >= 11 is 0. The van der Waals surface area contributed by atoms with Crippen molar-refractivity contribution in [1.82, 2.24) is 19.8 Å². The highest BCUT2D eigenvalue weighted by Gasteiger charge is 2.33. The number of hydrogen-bond acceptors (Lipinski definition) is 4. The van der Waals surface area contributed by atoms with Crippen LogP contribution >= 0.6 is 0 Å². The van der Waals surface area contributed by atoms with Gasteiger partial charge in [0.05, 0.1) is 13.2 Å². The van der Waals surface area contributed by atoms with Gasteiger partial charge in [0, 0.05) is 44.4 Å². The number of piperidine rings is 1. The monoisotopic (exact) mass is 320 g/mol. The van der Waals surface area contributed by atoms with Crippen LogP contribution in [0.2, 0.25) is 0 Å². The zero-order chi connectivity index (χ0) is 16.4. The van der Waals surface area contributed by atoms with Gasteiger partial charge in [-0.15, -0.1) is 0 Å². The molecule has 7 nitrogen and oxygen atoms in total. The quantitative estimate of drug-likeness (QED) is 0.877. The minimum absolute atomic E-state index is 0.0164. The van der Waals surface area contributed by atoms with Crippen LogP contribution in [-0.2, 0) is 14.3 Å². The molecule has 0 radical (unpaired) electrons. The van der Waals surface area contributed by atoms with Crippen LogP contribution < -0.4 is 0 Å². The first-order chi connectivity index (χ1) is 11.0. The van der Waals surface area contributed by atoms with Gasteiger partial charge in [0.1, 0.15) is 11.9 Å². The largest absolute Gasteiger partial charge is 0.367 e. The van der Waals surface area contributed by atoms with Crippen molar-refractivity contribution in [3.8, 4) is 0 Å². The van der Waals surface area contributed by atoms with Crippen LogP contribution in [0.1, 0.15) is 37.4 Å². The van der Waals surface area contributed by atoms with Crippen LogP contribution in [0.4, 0.5) is 0 Å². The number of rotatable bonds is 2. The van der Waals surface area contributed by atoms with Crippen molar-refractivity contribution in [1.29, 1.82) is 0 Å². The predicted molar refractivity (Wildman–Crippen MR) is 83.6 cm³/mol. The second kappa shape index (κ2) is 6.70. The lowest BCUT2D eigenvalue weighted by atomic mass is 9.95. The van der Waals surface area contributed by atoms with E-state index >= 15 is 0 Å². The summed E-state index contributed by atoms with van der Waals surface area (Å²) in [6.07, 6.45) is 3.09. The topological polar surface area (TPSA) is 78.5 Å². The number of ether oxygens (including phenoxy) is 1. The molecule has 2 fully saturated rings. The lowest BCUT2D eigenvalue weighted by Gasteiger charge is -2.37. The highest BCUT2D eigenvalue weighted by Crippen LogP contribution is 2.24. The standard InChI is InChI=1S/C16H24N4O3/c1-11-9-17-15(18-11)14-10-20(7-8-23-14)16(22)13-3-5-19(6-4-13)12(2)21/h9,13-14H,3-8,10H2,1-2H3,(H,17,18)/t14-/m1/s1. The number of nitrogens with one attached hydrogen (secondary N) is 1. The Morgan fingerprint density at radius 1 is 1.26 bits per heavy atom. The van der Waals surface area contributed by atoms with Crippen LogP contribution in [0.3, 0.4) is 0 Å². The van der Waals surface area contributed by atoms with E-state index in [1.807, 2.05) is 16.7 Å². The molecular formula is C16H24N4O3. The van der Waals surface area contributed by atoms with E-state index in [0.29, 0.717) is 32.8 Å². The van der Waals surface area contributed by atoms with Crippen LogP contribution in [0.25, 0.3) is 0 Å². The van der Waals surface area contributed by atoms with Gasteiger partial charge >= 0.3 is 0 Å². The second-order valence-corrected chi connectivity index (χ2v) is 6.38. The van der Waals surface area contributed by atoms with Crippen LogP contribution in [0.15, 0.2) is 6.20 Å². The minimum atomic E-state index is -0.182. The maximum atomic E-state index is 12.7. The Morgan fingerprint density at radius 3 is 2.61 bits per heavy atom. The molecule has 3 heterocycles. The molecule has 3 rings (SSSR count). The maximum Gasteiger partial charge on any atom is 0.225 e. The Balaban J connectivity index is 1.58.